The van der Waals surface area contributed by atoms with Crippen molar-refractivity contribution in [2.45, 2.75) is 26.4 Å². The van der Waals surface area contributed by atoms with Crippen LogP contribution in [0.2, 0.25) is 0 Å². The summed E-state index contributed by atoms with van der Waals surface area (Å²) < 4.78 is 14.7. The molecule has 1 aromatic carbocycles. The van der Waals surface area contributed by atoms with Crippen molar-refractivity contribution in [3.63, 3.8) is 0 Å². The highest BCUT2D eigenvalue weighted by Crippen LogP contribution is 2.14. The summed E-state index contributed by atoms with van der Waals surface area (Å²) in [5, 5.41) is 16.7. The first-order valence-electron chi connectivity index (χ1n) is 7.58. The minimum absolute atomic E-state index is 0.0318. The van der Waals surface area contributed by atoms with Gasteiger partial charge in [0.2, 0.25) is 0 Å². The summed E-state index contributed by atoms with van der Waals surface area (Å²) in [6, 6.07) is 8.08. The zero-order valence-corrected chi connectivity index (χ0v) is 13.8. The Morgan fingerprint density at radius 3 is 2.62 bits per heavy atom. The predicted octanol–water partition coefficient (Wildman–Crippen LogP) is 1.51. The standard InChI is InChI=1S/C17H20FN3O3/c1-11(2)17(3,24)10-19-16(23)13-8-9-15(22)21(20-13)14-7-5-4-6-12(14)18/h4-9,11,24H,10H2,1-3H3,(H,19,23). The number of carbonyl (C=O) groups excluding carboxylic acids is 1. The van der Waals surface area contributed by atoms with Gasteiger partial charge in [-0.05, 0) is 31.0 Å². The van der Waals surface area contributed by atoms with E-state index in [0.717, 1.165) is 10.7 Å². The lowest BCUT2D eigenvalue weighted by Gasteiger charge is -2.27. The van der Waals surface area contributed by atoms with Crippen LogP contribution >= 0.6 is 0 Å². The van der Waals surface area contributed by atoms with Crippen LogP contribution in [0.3, 0.4) is 0 Å². The van der Waals surface area contributed by atoms with Gasteiger partial charge in [-0.25, -0.2) is 4.39 Å². The Morgan fingerprint density at radius 2 is 2.00 bits per heavy atom. The first-order chi connectivity index (χ1) is 11.2. The summed E-state index contributed by atoms with van der Waals surface area (Å²) in [6.07, 6.45) is 0. The first kappa shape index (κ1) is 17.8. The number of rotatable bonds is 5. The lowest BCUT2D eigenvalue weighted by Crippen LogP contribution is -2.44. The van der Waals surface area contributed by atoms with E-state index in [1.807, 2.05) is 13.8 Å². The zero-order chi connectivity index (χ0) is 17.9. The summed E-state index contributed by atoms with van der Waals surface area (Å²) in [4.78, 5) is 24.1. The number of nitrogens with zero attached hydrogens (tertiary/aromatic N) is 2. The molecule has 2 aromatic rings. The van der Waals surface area contributed by atoms with Crippen molar-refractivity contribution in [3.8, 4) is 5.69 Å². The van der Waals surface area contributed by atoms with Crippen LogP contribution in [0, 0.1) is 11.7 Å². The highest BCUT2D eigenvalue weighted by molar-refractivity contribution is 5.92. The number of hydrogen-bond donors (Lipinski definition) is 2. The second-order valence-electron chi connectivity index (χ2n) is 6.11. The Bertz CT molecular complexity index is 800. The SMILES string of the molecule is CC(C)C(C)(O)CNC(=O)c1ccc(=O)n(-c2ccccc2F)n1. The molecule has 1 aromatic heterocycles. The van der Waals surface area contributed by atoms with Crippen LogP contribution < -0.4 is 10.9 Å². The number of nitrogens with one attached hydrogen (secondary N) is 1. The van der Waals surface area contributed by atoms with E-state index in [1.54, 1.807) is 13.0 Å². The smallest absolute Gasteiger partial charge is 0.271 e. The summed E-state index contributed by atoms with van der Waals surface area (Å²) in [5.41, 5.74) is -1.70. The first-order valence-corrected chi connectivity index (χ1v) is 7.58. The maximum absolute atomic E-state index is 13.8. The minimum Gasteiger partial charge on any atom is -0.388 e. The predicted molar refractivity (Wildman–Crippen MR) is 87.6 cm³/mol. The molecule has 1 unspecified atom stereocenters. The fraction of sp³-hybridized carbons (Fsp3) is 0.353. The number of aliphatic hydroxyl groups is 1. The number of aromatic nitrogens is 2. The van der Waals surface area contributed by atoms with Crippen molar-refractivity contribution >= 4 is 5.91 Å². The van der Waals surface area contributed by atoms with E-state index in [1.165, 1.54) is 24.3 Å². The average molecular weight is 333 g/mol. The van der Waals surface area contributed by atoms with E-state index < -0.39 is 22.9 Å². The largest absolute Gasteiger partial charge is 0.388 e. The Balaban J connectivity index is 2.27. The van der Waals surface area contributed by atoms with Crippen LogP contribution in [0.25, 0.3) is 5.69 Å². The molecular weight excluding hydrogens is 313 g/mol. The van der Waals surface area contributed by atoms with E-state index in [4.69, 9.17) is 0 Å². The summed E-state index contributed by atoms with van der Waals surface area (Å²) >= 11 is 0. The zero-order valence-electron chi connectivity index (χ0n) is 13.8. The molecule has 0 bridgehead atoms. The third-order valence-electron chi connectivity index (χ3n) is 3.96. The second-order valence-corrected chi connectivity index (χ2v) is 6.11. The van der Waals surface area contributed by atoms with Crippen LogP contribution in [-0.4, -0.2) is 32.9 Å². The van der Waals surface area contributed by atoms with E-state index >= 15 is 0 Å². The number of benzene rings is 1. The molecule has 2 N–H and O–H groups in total. The molecular formula is C17H20FN3O3. The molecule has 0 spiro atoms. The summed E-state index contributed by atoms with van der Waals surface area (Å²) in [6.45, 7) is 5.32. The molecule has 0 radical (unpaired) electrons. The fourth-order valence-corrected chi connectivity index (χ4v) is 1.88. The fourth-order valence-electron chi connectivity index (χ4n) is 1.88. The van der Waals surface area contributed by atoms with Crippen molar-refractivity contribution in [1.29, 1.82) is 0 Å². The number of carbonyl (C=O) groups is 1. The van der Waals surface area contributed by atoms with Gasteiger partial charge in [0, 0.05) is 12.6 Å². The van der Waals surface area contributed by atoms with Gasteiger partial charge in [-0.15, -0.1) is 0 Å². The summed E-state index contributed by atoms with van der Waals surface area (Å²) in [7, 11) is 0. The molecule has 24 heavy (non-hydrogen) atoms. The monoisotopic (exact) mass is 333 g/mol. The Labute approximate surface area is 138 Å². The quantitative estimate of drug-likeness (QED) is 0.869. The number of para-hydroxylation sites is 1. The van der Waals surface area contributed by atoms with Crippen LogP contribution in [0.4, 0.5) is 4.39 Å². The van der Waals surface area contributed by atoms with Gasteiger partial charge in [0.15, 0.2) is 0 Å². The lowest BCUT2D eigenvalue weighted by molar-refractivity contribution is 0.0141. The lowest BCUT2D eigenvalue weighted by atomic mass is 9.92. The van der Waals surface area contributed by atoms with Crippen molar-refractivity contribution in [3.05, 3.63) is 58.3 Å². The van der Waals surface area contributed by atoms with Gasteiger partial charge in [0.1, 0.15) is 17.2 Å². The molecule has 0 aliphatic heterocycles. The number of amides is 1. The van der Waals surface area contributed by atoms with Crippen LogP contribution in [0.15, 0.2) is 41.2 Å². The van der Waals surface area contributed by atoms with Crippen LogP contribution in [-0.2, 0) is 0 Å². The molecule has 7 heteroatoms. The average Bonchev–Trinajstić information content (AvgIpc) is 2.54. The number of halogens is 1. The van der Waals surface area contributed by atoms with Crippen LogP contribution in [0.5, 0.6) is 0 Å². The molecule has 6 nitrogen and oxygen atoms in total. The summed E-state index contributed by atoms with van der Waals surface area (Å²) in [5.74, 6) is -1.23. The highest BCUT2D eigenvalue weighted by atomic mass is 19.1. The van der Waals surface area contributed by atoms with Crippen molar-refractivity contribution in [2.75, 3.05) is 6.54 Å². The molecule has 0 aliphatic rings. The van der Waals surface area contributed by atoms with Gasteiger partial charge < -0.3 is 10.4 Å². The molecule has 2 rings (SSSR count). The van der Waals surface area contributed by atoms with E-state index in [0.29, 0.717) is 0 Å². The topological polar surface area (TPSA) is 84.2 Å². The Morgan fingerprint density at radius 1 is 1.33 bits per heavy atom. The molecule has 0 aliphatic carbocycles. The van der Waals surface area contributed by atoms with Gasteiger partial charge in [-0.1, -0.05) is 26.0 Å². The minimum atomic E-state index is -1.07. The third-order valence-corrected chi connectivity index (χ3v) is 3.96. The second kappa shape index (κ2) is 6.92. The van der Waals surface area contributed by atoms with E-state index in [-0.39, 0.29) is 23.8 Å². The Hall–Kier alpha value is -2.54. The third kappa shape index (κ3) is 3.86. The molecule has 1 amide bonds. The van der Waals surface area contributed by atoms with Crippen molar-refractivity contribution in [2.24, 2.45) is 5.92 Å². The molecule has 1 atom stereocenters. The van der Waals surface area contributed by atoms with Crippen molar-refractivity contribution in [1.82, 2.24) is 15.1 Å². The number of hydrogen-bond acceptors (Lipinski definition) is 4. The molecule has 0 saturated carbocycles. The van der Waals surface area contributed by atoms with E-state index in [2.05, 4.69) is 10.4 Å². The molecule has 128 valence electrons. The van der Waals surface area contributed by atoms with E-state index in [9.17, 15) is 19.1 Å². The van der Waals surface area contributed by atoms with Gasteiger partial charge in [0.05, 0.1) is 5.60 Å². The van der Waals surface area contributed by atoms with Gasteiger partial charge in [-0.3, -0.25) is 9.59 Å². The normalized spacial score (nSPS) is 13.6. The van der Waals surface area contributed by atoms with Crippen LogP contribution in [0.1, 0.15) is 31.3 Å². The maximum atomic E-state index is 13.8. The molecule has 0 saturated heterocycles. The van der Waals surface area contributed by atoms with Crippen molar-refractivity contribution < 1.29 is 14.3 Å². The molecule has 0 fully saturated rings. The van der Waals surface area contributed by atoms with Gasteiger partial charge in [0.25, 0.3) is 11.5 Å². The van der Waals surface area contributed by atoms with Gasteiger partial charge in [-0.2, -0.15) is 9.78 Å². The van der Waals surface area contributed by atoms with Gasteiger partial charge >= 0.3 is 0 Å². The Kier molecular flexibility index (Phi) is 5.14. The molecule has 1 heterocycles. The maximum Gasteiger partial charge on any atom is 0.271 e. The highest BCUT2D eigenvalue weighted by Gasteiger charge is 2.26.